The first-order chi connectivity index (χ1) is 14.3. The molecule has 0 aliphatic carbocycles. The Hall–Kier alpha value is -2.67. The lowest BCUT2D eigenvalue weighted by Gasteiger charge is -2.28. The number of carbonyl (C=O) groups is 2. The fraction of sp³-hybridized carbons (Fsp3) is 0.556. The van der Waals surface area contributed by atoms with Crippen molar-refractivity contribution in [1.29, 1.82) is 0 Å². The van der Waals surface area contributed by atoms with Gasteiger partial charge in [-0.1, -0.05) is 6.92 Å². The SMILES string of the molecule is CCC(Oc1cc(C(F)(F)F)cc(C(F)(F)F)c1)C(=O)NC(C)(C)C(=O)NCC(F)(F)F. The van der Waals surface area contributed by atoms with Crippen LogP contribution in [0.5, 0.6) is 5.75 Å². The molecule has 1 aromatic rings. The molecule has 2 amide bonds. The van der Waals surface area contributed by atoms with E-state index in [1.165, 1.54) is 6.92 Å². The van der Waals surface area contributed by atoms with E-state index in [0.717, 1.165) is 13.8 Å². The molecule has 0 aliphatic rings. The normalized spacial score (nSPS) is 14.0. The van der Waals surface area contributed by atoms with Crippen LogP contribution in [0.1, 0.15) is 38.3 Å². The average molecular weight is 482 g/mol. The summed E-state index contributed by atoms with van der Waals surface area (Å²) in [5.41, 5.74) is -5.22. The standard InChI is InChI=1S/C18H19F9N2O3/c1-4-12(13(30)29-15(2,3)14(31)28-8-16(19,20)21)32-11-6-9(17(22,23)24)5-10(7-11)18(25,26)27/h5-7,12H,4,8H2,1-3H3,(H,28,31)(H,29,30). The number of nitrogens with one attached hydrogen (secondary N) is 2. The third-order valence-electron chi connectivity index (χ3n) is 3.96. The van der Waals surface area contributed by atoms with Crippen molar-refractivity contribution in [3.05, 3.63) is 29.3 Å². The lowest BCUT2D eigenvalue weighted by molar-refractivity contribution is -0.144. The maximum atomic E-state index is 13.0. The van der Waals surface area contributed by atoms with Crippen molar-refractivity contribution in [1.82, 2.24) is 10.6 Å². The van der Waals surface area contributed by atoms with E-state index in [9.17, 15) is 49.1 Å². The van der Waals surface area contributed by atoms with Crippen molar-refractivity contribution >= 4 is 11.8 Å². The minimum Gasteiger partial charge on any atom is -0.481 e. The highest BCUT2D eigenvalue weighted by molar-refractivity contribution is 5.92. The minimum absolute atomic E-state index is 0.123. The zero-order valence-corrected chi connectivity index (χ0v) is 16.9. The number of alkyl halides is 9. The maximum absolute atomic E-state index is 13.0. The van der Waals surface area contributed by atoms with Crippen molar-refractivity contribution in [2.24, 2.45) is 0 Å². The number of rotatable bonds is 7. The predicted molar refractivity (Wildman–Crippen MR) is 92.4 cm³/mol. The molecule has 14 heteroatoms. The number of hydrogen-bond acceptors (Lipinski definition) is 3. The van der Waals surface area contributed by atoms with E-state index in [1.54, 1.807) is 5.32 Å². The molecule has 32 heavy (non-hydrogen) atoms. The fourth-order valence-electron chi connectivity index (χ4n) is 2.33. The Morgan fingerprint density at radius 2 is 1.38 bits per heavy atom. The molecule has 2 N–H and O–H groups in total. The van der Waals surface area contributed by atoms with Gasteiger partial charge in [-0.25, -0.2) is 0 Å². The molecule has 182 valence electrons. The first kappa shape index (κ1) is 27.4. The third kappa shape index (κ3) is 8.11. The van der Waals surface area contributed by atoms with Crippen LogP contribution in [0.2, 0.25) is 0 Å². The van der Waals surface area contributed by atoms with Crippen molar-refractivity contribution < 1.29 is 53.8 Å². The van der Waals surface area contributed by atoms with Crippen LogP contribution in [0.25, 0.3) is 0 Å². The summed E-state index contributed by atoms with van der Waals surface area (Å²) in [4.78, 5) is 24.3. The van der Waals surface area contributed by atoms with E-state index in [2.05, 4.69) is 5.32 Å². The molecule has 0 radical (unpaired) electrons. The summed E-state index contributed by atoms with van der Waals surface area (Å²) in [6.45, 7) is 1.74. The smallest absolute Gasteiger partial charge is 0.416 e. The number of hydrogen-bond donors (Lipinski definition) is 2. The van der Waals surface area contributed by atoms with Gasteiger partial charge in [0, 0.05) is 0 Å². The Labute approximate surface area is 176 Å². The zero-order valence-electron chi connectivity index (χ0n) is 16.9. The molecule has 0 aromatic heterocycles. The molecule has 1 atom stereocenters. The maximum Gasteiger partial charge on any atom is 0.416 e. The van der Waals surface area contributed by atoms with E-state index in [-0.39, 0.29) is 24.6 Å². The van der Waals surface area contributed by atoms with Crippen LogP contribution in [-0.2, 0) is 21.9 Å². The molecule has 0 fully saturated rings. The first-order valence-corrected chi connectivity index (χ1v) is 8.89. The zero-order chi connectivity index (χ0) is 25.1. The summed E-state index contributed by atoms with van der Waals surface area (Å²) in [6.07, 6.45) is -16.9. The largest absolute Gasteiger partial charge is 0.481 e. The Balaban J connectivity index is 3.08. The van der Waals surface area contributed by atoms with Crippen LogP contribution in [0.4, 0.5) is 39.5 Å². The monoisotopic (exact) mass is 482 g/mol. The van der Waals surface area contributed by atoms with Gasteiger partial charge in [0.1, 0.15) is 17.8 Å². The van der Waals surface area contributed by atoms with E-state index in [4.69, 9.17) is 4.74 Å². The Morgan fingerprint density at radius 1 is 0.906 bits per heavy atom. The molecule has 0 saturated carbocycles. The summed E-state index contributed by atoms with van der Waals surface area (Å²) < 4.78 is 119. The van der Waals surface area contributed by atoms with Crippen LogP contribution in [-0.4, -0.2) is 36.2 Å². The molecular formula is C18H19F9N2O3. The number of benzene rings is 1. The van der Waals surface area contributed by atoms with Crippen LogP contribution in [0.3, 0.4) is 0 Å². The van der Waals surface area contributed by atoms with E-state index < -0.39 is 65.4 Å². The molecule has 1 aromatic carbocycles. The third-order valence-corrected chi connectivity index (χ3v) is 3.96. The summed E-state index contributed by atoms with van der Waals surface area (Å²) in [5, 5.41) is 3.62. The van der Waals surface area contributed by atoms with E-state index >= 15 is 0 Å². The molecule has 1 unspecified atom stereocenters. The molecule has 5 nitrogen and oxygen atoms in total. The molecule has 0 bridgehead atoms. The van der Waals surface area contributed by atoms with E-state index in [0.29, 0.717) is 0 Å². The molecular weight excluding hydrogens is 463 g/mol. The highest BCUT2D eigenvalue weighted by Gasteiger charge is 2.38. The lowest BCUT2D eigenvalue weighted by Crippen LogP contribution is -2.58. The summed E-state index contributed by atoms with van der Waals surface area (Å²) in [6, 6.07) is 0.417. The number of carbonyl (C=O) groups excluding carboxylic acids is 2. The Bertz CT molecular complexity index is 798. The van der Waals surface area contributed by atoms with Gasteiger partial charge in [0.2, 0.25) is 5.91 Å². The number of halogens is 9. The van der Waals surface area contributed by atoms with Gasteiger partial charge in [0.05, 0.1) is 11.1 Å². The lowest BCUT2D eigenvalue weighted by atomic mass is 10.0. The highest BCUT2D eigenvalue weighted by atomic mass is 19.4. The summed E-state index contributed by atoms with van der Waals surface area (Å²) in [5.74, 6) is -3.27. The van der Waals surface area contributed by atoms with Gasteiger partial charge in [-0.2, -0.15) is 39.5 Å². The quantitative estimate of drug-likeness (QED) is 0.565. The second-order valence-electron chi connectivity index (χ2n) is 7.17. The van der Waals surface area contributed by atoms with Gasteiger partial charge in [-0.05, 0) is 38.5 Å². The van der Waals surface area contributed by atoms with Crippen LogP contribution in [0, 0.1) is 0 Å². The van der Waals surface area contributed by atoms with Gasteiger partial charge in [-0.3, -0.25) is 9.59 Å². The Morgan fingerprint density at radius 3 is 1.75 bits per heavy atom. The van der Waals surface area contributed by atoms with Crippen molar-refractivity contribution in [2.45, 2.75) is 57.4 Å². The molecule has 0 saturated heterocycles. The second-order valence-corrected chi connectivity index (χ2v) is 7.17. The van der Waals surface area contributed by atoms with Crippen LogP contribution >= 0.6 is 0 Å². The summed E-state index contributed by atoms with van der Waals surface area (Å²) in [7, 11) is 0. The van der Waals surface area contributed by atoms with Gasteiger partial charge in [0.25, 0.3) is 5.91 Å². The molecule has 0 spiro atoms. The number of amides is 2. The van der Waals surface area contributed by atoms with Gasteiger partial charge >= 0.3 is 18.5 Å². The molecule has 0 heterocycles. The predicted octanol–water partition coefficient (Wildman–Crippen LogP) is 4.45. The number of ether oxygens (including phenoxy) is 1. The second kappa shape index (κ2) is 9.45. The molecule has 1 rings (SSSR count). The van der Waals surface area contributed by atoms with Crippen LogP contribution in [0.15, 0.2) is 18.2 Å². The Kier molecular flexibility index (Phi) is 8.08. The first-order valence-electron chi connectivity index (χ1n) is 8.89. The minimum atomic E-state index is -5.14. The fourth-order valence-corrected chi connectivity index (χ4v) is 2.33. The highest BCUT2D eigenvalue weighted by Crippen LogP contribution is 2.38. The average Bonchev–Trinajstić information content (AvgIpc) is 2.61. The molecule has 0 aliphatic heterocycles. The van der Waals surface area contributed by atoms with E-state index in [1.807, 2.05) is 0 Å². The van der Waals surface area contributed by atoms with Gasteiger partial charge in [0.15, 0.2) is 6.10 Å². The summed E-state index contributed by atoms with van der Waals surface area (Å²) >= 11 is 0. The van der Waals surface area contributed by atoms with Gasteiger partial charge < -0.3 is 15.4 Å². The topological polar surface area (TPSA) is 67.4 Å². The van der Waals surface area contributed by atoms with Gasteiger partial charge in [-0.15, -0.1) is 0 Å². The van der Waals surface area contributed by atoms with Crippen molar-refractivity contribution in [3.8, 4) is 5.75 Å². The van der Waals surface area contributed by atoms with Crippen LogP contribution < -0.4 is 15.4 Å². The van der Waals surface area contributed by atoms with Crippen molar-refractivity contribution in [2.75, 3.05) is 6.54 Å². The van der Waals surface area contributed by atoms with Crippen molar-refractivity contribution in [3.63, 3.8) is 0 Å².